The van der Waals surface area contributed by atoms with Crippen LogP contribution in [-0.4, -0.2) is 31.1 Å². The number of aryl methyl sites for hydroxylation is 1. The summed E-state index contributed by atoms with van der Waals surface area (Å²) in [6.45, 7) is 4.00. The van der Waals surface area contributed by atoms with Crippen LogP contribution in [0.4, 0.5) is 0 Å². The quantitative estimate of drug-likeness (QED) is 0.774. The number of hydrogen-bond acceptors (Lipinski definition) is 4. The van der Waals surface area contributed by atoms with E-state index >= 15 is 0 Å². The molecule has 3 rings (SSSR count). The largest absolute Gasteiger partial charge is 0.349 e. The summed E-state index contributed by atoms with van der Waals surface area (Å²) >= 11 is 0. The second-order valence-electron chi connectivity index (χ2n) is 6.92. The van der Waals surface area contributed by atoms with E-state index in [1.165, 1.54) is 12.1 Å². The third-order valence-electron chi connectivity index (χ3n) is 4.90. The highest BCUT2D eigenvalue weighted by Gasteiger charge is 2.40. The zero-order chi connectivity index (χ0) is 20.3. The van der Waals surface area contributed by atoms with Crippen molar-refractivity contribution in [3.05, 3.63) is 65.2 Å². The van der Waals surface area contributed by atoms with Crippen molar-refractivity contribution >= 4 is 21.8 Å². The molecule has 0 fully saturated rings. The number of carbonyl (C=O) groups is 2. The summed E-state index contributed by atoms with van der Waals surface area (Å²) in [7, 11) is -3.82. The molecule has 1 heterocycles. The standard InChI is InChI=1S/C21H24N2O4S/c1-3-18(16-12-10-15(2)11-13-16)22-20(24)9-6-14-23-21(25)17-7-4-5-8-19(17)28(23,26)27/h4-5,7-8,10-13,18H,3,6,9,14H2,1-2H3,(H,22,24)/t18-/m1/s1. The third-order valence-corrected chi connectivity index (χ3v) is 6.74. The average Bonchev–Trinajstić information content (AvgIpc) is 2.88. The minimum atomic E-state index is -3.82. The van der Waals surface area contributed by atoms with Gasteiger partial charge in [-0.3, -0.25) is 9.59 Å². The molecule has 2 amide bonds. The molecule has 2 aromatic carbocycles. The Bertz CT molecular complexity index is 984. The van der Waals surface area contributed by atoms with Gasteiger partial charge in [-0.1, -0.05) is 48.9 Å². The summed E-state index contributed by atoms with van der Waals surface area (Å²) in [5.41, 5.74) is 2.38. The average molecular weight is 401 g/mol. The van der Waals surface area contributed by atoms with Gasteiger partial charge in [0.1, 0.15) is 4.90 Å². The molecule has 0 aromatic heterocycles. The highest BCUT2D eigenvalue weighted by Crippen LogP contribution is 2.30. The first-order chi connectivity index (χ1) is 13.3. The van der Waals surface area contributed by atoms with Crippen LogP contribution in [0.5, 0.6) is 0 Å². The lowest BCUT2D eigenvalue weighted by Crippen LogP contribution is -2.33. The number of benzene rings is 2. The van der Waals surface area contributed by atoms with E-state index in [0.717, 1.165) is 21.9 Å². The van der Waals surface area contributed by atoms with E-state index in [0.29, 0.717) is 0 Å². The van der Waals surface area contributed by atoms with Gasteiger partial charge in [-0.05, 0) is 37.5 Å². The van der Waals surface area contributed by atoms with Gasteiger partial charge >= 0.3 is 0 Å². The number of sulfonamides is 1. The molecule has 2 aromatic rings. The van der Waals surface area contributed by atoms with E-state index in [1.54, 1.807) is 12.1 Å². The fraction of sp³-hybridized carbons (Fsp3) is 0.333. The van der Waals surface area contributed by atoms with Crippen LogP contribution in [-0.2, 0) is 14.8 Å². The number of hydrogen-bond donors (Lipinski definition) is 1. The Hall–Kier alpha value is -2.67. The maximum atomic E-state index is 12.5. The maximum Gasteiger partial charge on any atom is 0.269 e. The van der Waals surface area contributed by atoms with Gasteiger partial charge in [-0.2, -0.15) is 0 Å². The Morgan fingerprint density at radius 3 is 2.43 bits per heavy atom. The summed E-state index contributed by atoms with van der Waals surface area (Å²) in [5.74, 6) is -0.684. The molecule has 0 unspecified atom stereocenters. The Balaban J connectivity index is 1.57. The second kappa shape index (κ2) is 8.14. The zero-order valence-corrected chi connectivity index (χ0v) is 16.8. The lowest BCUT2D eigenvalue weighted by atomic mass is 10.0. The van der Waals surface area contributed by atoms with Crippen LogP contribution in [0.15, 0.2) is 53.4 Å². The van der Waals surface area contributed by atoms with E-state index in [-0.39, 0.29) is 41.8 Å². The SMILES string of the molecule is CC[C@@H](NC(=O)CCCN1C(=O)c2ccccc2S1(=O)=O)c1ccc(C)cc1. The number of nitrogens with one attached hydrogen (secondary N) is 1. The molecular formula is C21H24N2O4S. The summed E-state index contributed by atoms with van der Waals surface area (Å²) in [4.78, 5) is 24.7. The van der Waals surface area contributed by atoms with Gasteiger partial charge in [0, 0.05) is 13.0 Å². The van der Waals surface area contributed by atoms with Crippen molar-refractivity contribution in [3.63, 3.8) is 0 Å². The number of amides is 2. The molecule has 1 aliphatic heterocycles. The van der Waals surface area contributed by atoms with Crippen LogP contribution < -0.4 is 5.32 Å². The first-order valence-corrected chi connectivity index (χ1v) is 10.8. The molecule has 1 atom stereocenters. The molecule has 148 valence electrons. The predicted molar refractivity (Wildman–Crippen MR) is 106 cm³/mol. The van der Waals surface area contributed by atoms with E-state index < -0.39 is 15.9 Å². The van der Waals surface area contributed by atoms with Crippen LogP contribution in [0.2, 0.25) is 0 Å². The van der Waals surface area contributed by atoms with E-state index in [2.05, 4.69) is 5.32 Å². The monoisotopic (exact) mass is 400 g/mol. The minimum absolute atomic E-state index is 0.00934. The van der Waals surface area contributed by atoms with Crippen molar-refractivity contribution in [3.8, 4) is 0 Å². The molecule has 1 N–H and O–H groups in total. The van der Waals surface area contributed by atoms with Gasteiger partial charge in [0.15, 0.2) is 0 Å². The van der Waals surface area contributed by atoms with E-state index in [9.17, 15) is 18.0 Å². The highest BCUT2D eigenvalue weighted by atomic mass is 32.2. The van der Waals surface area contributed by atoms with Crippen molar-refractivity contribution in [1.82, 2.24) is 9.62 Å². The summed E-state index contributed by atoms with van der Waals surface area (Å²) in [5, 5.41) is 2.99. The van der Waals surface area contributed by atoms with Crippen molar-refractivity contribution in [2.45, 2.75) is 44.0 Å². The van der Waals surface area contributed by atoms with E-state index in [1.807, 2.05) is 38.1 Å². The second-order valence-corrected chi connectivity index (χ2v) is 8.75. The van der Waals surface area contributed by atoms with Gasteiger partial charge in [0.2, 0.25) is 5.91 Å². The first-order valence-electron chi connectivity index (χ1n) is 9.36. The van der Waals surface area contributed by atoms with Gasteiger partial charge in [0.05, 0.1) is 11.6 Å². The Labute approximate surface area is 165 Å². The molecule has 0 radical (unpaired) electrons. The third kappa shape index (κ3) is 3.94. The molecule has 0 saturated heterocycles. The number of nitrogens with zero attached hydrogens (tertiary/aromatic N) is 1. The molecule has 7 heteroatoms. The summed E-state index contributed by atoms with van der Waals surface area (Å²) in [6.07, 6.45) is 1.18. The molecule has 6 nitrogen and oxygen atoms in total. The normalized spacial score (nSPS) is 15.9. The molecule has 1 aliphatic rings. The van der Waals surface area contributed by atoms with E-state index in [4.69, 9.17) is 0 Å². The van der Waals surface area contributed by atoms with Crippen molar-refractivity contribution < 1.29 is 18.0 Å². The highest BCUT2D eigenvalue weighted by molar-refractivity contribution is 7.90. The molecule has 0 bridgehead atoms. The molecule has 28 heavy (non-hydrogen) atoms. The lowest BCUT2D eigenvalue weighted by molar-refractivity contribution is -0.122. The number of rotatable bonds is 7. The number of fused-ring (bicyclic) bond motifs is 1. The first kappa shape index (κ1) is 20.1. The minimum Gasteiger partial charge on any atom is -0.349 e. The molecule has 0 aliphatic carbocycles. The van der Waals surface area contributed by atoms with Gasteiger partial charge in [-0.25, -0.2) is 12.7 Å². The molecule has 0 spiro atoms. The van der Waals surface area contributed by atoms with Crippen LogP contribution in [0.1, 0.15) is 53.7 Å². The fourth-order valence-corrected chi connectivity index (χ4v) is 4.93. The van der Waals surface area contributed by atoms with Crippen LogP contribution in [0.3, 0.4) is 0 Å². The summed E-state index contributed by atoms with van der Waals surface area (Å²) in [6, 6.07) is 14.1. The molecule has 0 saturated carbocycles. The van der Waals surface area contributed by atoms with Crippen molar-refractivity contribution in [2.75, 3.05) is 6.54 Å². The lowest BCUT2D eigenvalue weighted by Gasteiger charge is -2.19. The fourth-order valence-electron chi connectivity index (χ4n) is 3.32. The van der Waals surface area contributed by atoms with Gasteiger partial charge in [0.25, 0.3) is 15.9 Å². The maximum absolute atomic E-state index is 12.5. The van der Waals surface area contributed by atoms with Crippen LogP contribution in [0, 0.1) is 6.92 Å². The Morgan fingerprint density at radius 2 is 1.79 bits per heavy atom. The Kier molecular flexibility index (Phi) is 5.84. The number of carbonyl (C=O) groups excluding carboxylic acids is 2. The molecular weight excluding hydrogens is 376 g/mol. The van der Waals surface area contributed by atoms with Crippen molar-refractivity contribution in [1.29, 1.82) is 0 Å². The van der Waals surface area contributed by atoms with Crippen LogP contribution in [0.25, 0.3) is 0 Å². The zero-order valence-electron chi connectivity index (χ0n) is 16.0. The van der Waals surface area contributed by atoms with Crippen molar-refractivity contribution in [2.24, 2.45) is 0 Å². The van der Waals surface area contributed by atoms with Crippen LogP contribution >= 0.6 is 0 Å². The summed E-state index contributed by atoms with van der Waals surface area (Å²) < 4.78 is 25.9. The van der Waals surface area contributed by atoms with Gasteiger partial charge in [-0.15, -0.1) is 0 Å². The van der Waals surface area contributed by atoms with Gasteiger partial charge < -0.3 is 5.32 Å². The topological polar surface area (TPSA) is 83.6 Å². The predicted octanol–water partition coefficient (Wildman–Crippen LogP) is 3.19. The smallest absolute Gasteiger partial charge is 0.269 e. The Morgan fingerprint density at radius 1 is 1.11 bits per heavy atom.